The number of hydrogen-bond acceptors (Lipinski definition) is 2. The molecule has 0 bridgehead atoms. The van der Waals surface area contributed by atoms with E-state index in [4.69, 9.17) is 9.47 Å². The first-order valence-electron chi connectivity index (χ1n) is 4.06. The smallest absolute Gasteiger partial charge is 0.134 e. The summed E-state index contributed by atoms with van der Waals surface area (Å²) in [6.45, 7) is 1.43. The first kappa shape index (κ1) is 10.9. The average molecular weight is 387 g/mol. The van der Waals surface area contributed by atoms with Gasteiger partial charge in [0.2, 0.25) is 0 Å². The lowest BCUT2D eigenvalue weighted by molar-refractivity contribution is 0.261. The fourth-order valence-corrected chi connectivity index (χ4v) is 2.39. The van der Waals surface area contributed by atoms with Crippen LogP contribution in [0.15, 0.2) is 25.6 Å². The van der Waals surface area contributed by atoms with Crippen molar-refractivity contribution in [3.8, 4) is 5.75 Å². The Balaban J connectivity index is 2.10. The van der Waals surface area contributed by atoms with E-state index >= 15 is 0 Å². The van der Waals surface area contributed by atoms with Crippen LogP contribution in [-0.4, -0.2) is 19.3 Å². The van der Waals surface area contributed by atoms with Gasteiger partial charge in [-0.1, -0.05) is 0 Å². The summed E-state index contributed by atoms with van der Waals surface area (Å²) < 4.78 is 13.6. The molecular formula is C9H7Br3O2. The molecule has 1 aliphatic heterocycles. The number of rotatable bonds is 3. The second-order valence-corrected chi connectivity index (χ2v) is 5.53. The first-order valence-corrected chi connectivity index (χ1v) is 6.43. The quantitative estimate of drug-likeness (QED) is 0.583. The normalized spacial score (nSPS) is 19.5. The zero-order chi connectivity index (χ0) is 10.1. The summed E-state index contributed by atoms with van der Waals surface area (Å²) in [5, 5.41) is 0. The molecule has 1 saturated heterocycles. The lowest BCUT2D eigenvalue weighted by Crippen LogP contribution is -2.04. The molecule has 1 heterocycles. The van der Waals surface area contributed by atoms with Crippen LogP contribution in [0.25, 0.3) is 0 Å². The van der Waals surface area contributed by atoms with Gasteiger partial charge in [-0.25, -0.2) is 0 Å². The van der Waals surface area contributed by atoms with Crippen LogP contribution in [0.5, 0.6) is 5.75 Å². The summed E-state index contributed by atoms with van der Waals surface area (Å²) in [7, 11) is 0. The maximum absolute atomic E-state index is 5.57. The molecule has 1 unspecified atom stereocenters. The van der Waals surface area contributed by atoms with Crippen LogP contribution in [0.3, 0.4) is 0 Å². The highest BCUT2D eigenvalue weighted by Crippen LogP contribution is 2.34. The minimum atomic E-state index is 0.282. The molecule has 5 heteroatoms. The van der Waals surface area contributed by atoms with Gasteiger partial charge in [0, 0.05) is 8.95 Å². The van der Waals surface area contributed by atoms with Gasteiger partial charge in [-0.05, 0) is 59.9 Å². The molecule has 1 aromatic carbocycles. The molecule has 1 atom stereocenters. The molecule has 1 aromatic rings. The number of ether oxygens (including phenoxy) is 2. The van der Waals surface area contributed by atoms with Gasteiger partial charge in [-0.15, -0.1) is 0 Å². The van der Waals surface area contributed by atoms with E-state index in [0.29, 0.717) is 6.61 Å². The van der Waals surface area contributed by atoms with E-state index in [1.54, 1.807) is 0 Å². The second-order valence-electron chi connectivity index (χ2n) is 2.96. The van der Waals surface area contributed by atoms with Crippen LogP contribution in [-0.2, 0) is 4.74 Å². The molecule has 0 N–H and O–H groups in total. The van der Waals surface area contributed by atoms with Crippen LogP contribution in [0, 0.1) is 0 Å². The molecule has 76 valence electrons. The third kappa shape index (κ3) is 2.72. The molecule has 0 radical (unpaired) electrons. The molecule has 0 spiro atoms. The topological polar surface area (TPSA) is 21.8 Å². The van der Waals surface area contributed by atoms with E-state index in [1.165, 1.54) is 0 Å². The summed E-state index contributed by atoms with van der Waals surface area (Å²) in [6, 6.07) is 3.88. The van der Waals surface area contributed by atoms with E-state index in [-0.39, 0.29) is 6.10 Å². The molecule has 0 amide bonds. The van der Waals surface area contributed by atoms with Gasteiger partial charge in [-0.3, -0.25) is 0 Å². The van der Waals surface area contributed by atoms with Gasteiger partial charge >= 0.3 is 0 Å². The Hall–Kier alpha value is 0.420. The minimum absolute atomic E-state index is 0.282. The predicted molar refractivity (Wildman–Crippen MR) is 64.8 cm³/mol. The van der Waals surface area contributed by atoms with Crippen LogP contribution < -0.4 is 4.74 Å². The predicted octanol–water partition coefficient (Wildman–Crippen LogP) is 3.75. The van der Waals surface area contributed by atoms with Crippen molar-refractivity contribution in [2.75, 3.05) is 13.2 Å². The molecule has 2 rings (SSSR count). The van der Waals surface area contributed by atoms with Crippen molar-refractivity contribution in [2.24, 2.45) is 0 Å². The van der Waals surface area contributed by atoms with Gasteiger partial charge in [0.05, 0.1) is 11.1 Å². The molecule has 2 nitrogen and oxygen atoms in total. The molecule has 1 aliphatic rings. The average Bonchev–Trinajstić information content (AvgIpc) is 2.92. The Morgan fingerprint density at radius 2 is 1.86 bits per heavy atom. The number of benzene rings is 1. The van der Waals surface area contributed by atoms with E-state index < -0.39 is 0 Å². The minimum Gasteiger partial charge on any atom is -0.490 e. The summed E-state index contributed by atoms with van der Waals surface area (Å²) >= 11 is 10.3. The van der Waals surface area contributed by atoms with Gasteiger partial charge in [0.1, 0.15) is 18.5 Å². The third-order valence-electron chi connectivity index (χ3n) is 1.80. The Labute approximate surface area is 107 Å². The highest BCUT2D eigenvalue weighted by atomic mass is 79.9. The Morgan fingerprint density at radius 3 is 2.50 bits per heavy atom. The van der Waals surface area contributed by atoms with Crippen molar-refractivity contribution >= 4 is 47.8 Å². The number of hydrogen-bond donors (Lipinski definition) is 0. The summed E-state index contributed by atoms with van der Waals surface area (Å²) in [6.07, 6.45) is 0.282. The first-order chi connectivity index (χ1) is 6.66. The molecule has 0 aromatic heterocycles. The highest BCUT2D eigenvalue weighted by molar-refractivity contribution is 9.13. The summed E-state index contributed by atoms with van der Waals surface area (Å²) in [5.41, 5.74) is 0. The van der Waals surface area contributed by atoms with Crippen molar-refractivity contribution in [1.82, 2.24) is 0 Å². The van der Waals surface area contributed by atoms with Gasteiger partial charge in [-0.2, -0.15) is 0 Å². The monoisotopic (exact) mass is 384 g/mol. The number of epoxide rings is 1. The van der Waals surface area contributed by atoms with E-state index in [2.05, 4.69) is 47.8 Å². The van der Waals surface area contributed by atoms with Gasteiger partial charge < -0.3 is 9.47 Å². The fraction of sp³-hybridized carbons (Fsp3) is 0.333. The lowest BCUT2D eigenvalue weighted by Gasteiger charge is -2.08. The van der Waals surface area contributed by atoms with Crippen molar-refractivity contribution in [1.29, 1.82) is 0 Å². The van der Waals surface area contributed by atoms with Crippen molar-refractivity contribution < 1.29 is 9.47 Å². The largest absolute Gasteiger partial charge is 0.490 e. The van der Waals surface area contributed by atoms with E-state index in [1.807, 2.05) is 12.1 Å². The van der Waals surface area contributed by atoms with Crippen LogP contribution in [0.4, 0.5) is 0 Å². The summed E-state index contributed by atoms with van der Waals surface area (Å²) in [4.78, 5) is 0. The van der Waals surface area contributed by atoms with Crippen LogP contribution >= 0.6 is 47.8 Å². The molecule has 14 heavy (non-hydrogen) atoms. The maximum Gasteiger partial charge on any atom is 0.134 e. The van der Waals surface area contributed by atoms with E-state index in [0.717, 1.165) is 25.8 Å². The Morgan fingerprint density at radius 1 is 1.21 bits per heavy atom. The zero-order valence-electron chi connectivity index (χ0n) is 7.10. The van der Waals surface area contributed by atoms with E-state index in [9.17, 15) is 0 Å². The molecule has 0 saturated carbocycles. The van der Waals surface area contributed by atoms with Gasteiger partial charge in [0.25, 0.3) is 0 Å². The SMILES string of the molecule is Brc1cc(Br)c(OCC2CO2)cc1Br. The maximum atomic E-state index is 5.57. The highest BCUT2D eigenvalue weighted by Gasteiger charge is 2.23. The molecular weight excluding hydrogens is 380 g/mol. The van der Waals surface area contributed by atoms with Crippen LogP contribution in [0.1, 0.15) is 0 Å². The lowest BCUT2D eigenvalue weighted by atomic mass is 10.3. The van der Waals surface area contributed by atoms with Crippen molar-refractivity contribution in [3.05, 3.63) is 25.6 Å². The van der Waals surface area contributed by atoms with Crippen molar-refractivity contribution in [3.63, 3.8) is 0 Å². The summed E-state index contributed by atoms with van der Waals surface area (Å²) in [5.74, 6) is 0.829. The zero-order valence-corrected chi connectivity index (χ0v) is 11.9. The Kier molecular flexibility index (Phi) is 3.52. The molecule has 0 aliphatic carbocycles. The Bertz CT molecular complexity index is 350. The standard InChI is InChI=1S/C9H7Br3O2/c10-6-1-8(12)9(2-7(6)11)14-4-5-3-13-5/h1-2,5H,3-4H2. The number of halogens is 3. The second kappa shape index (κ2) is 4.51. The van der Waals surface area contributed by atoms with Crippen molar-refractivity contribution in [2.45, 2.75) is 6.10 Å². The van der Waals surface area contributed by atoms with Crippen LogP contribution in [0.2, 0.25) is 0 Å². The third-order valence-corrected chi connectivity index (χ3v) is 4.27. The fourth-order valence-electron chi connectivity index (χ4n) is 0.962. The van der Waals surface area contributed by atoms with Gasteiger partial charge in [0.15, 0.2) is 0 Å². The molecule has 1 fully saturated rings.